The van der Waals surface area contributed by atoms with Crippen LogP contribution in [0, 0.1) is 6.92 Å². The highest BCUT2D eigenvalue weighted by Crippen LogP contribution is 2.10. The zero-order valence-corrected chi connectivity index (χ0v) is 12.1. The third-order valence-corrected chi connectivity index (χ3v) is 3.87. The number of hydrogen-bond acceptors (Lipinski definition) is 5. The fourth-order valence-electron chi connectivity index (χ4n) is 2.04. The first-order valence-corrected chi connectivity index (χ1v) is 7.26. The summed E-state index contributed by atoms with van der Waals surface area (Å²) in [6.07, 6.45) is 3.25. The lowest BCUT2D eigenvalue weighted by molar-refractivity contribution is -0.139. The second-order valence-corrected chi connectivity index (χ2v) is 5.68. The van der Waals surface area contributed by atoms with Crippen molar-refractivity contribution in [3.8, 4) is 0 Å². The maximum atomic E-state index is 12.0. The standard InChI is InChI=1S/C13H17N3O3S/c1-10-14-11(9-20-10)2-3-12(17)16-6-4-15(5-7-16)8-13(18)19/h2-3,9H,4-8H2,1H3,(H,18,19)/b3-2+. The van der Waals surface area contributed by atoms with Crippen molar-refractivity contribution in [1.82, 2.24) is 14.8 Å². The van der Waals surface area contributed by atoms with Crippen LogP contribution in [0.3, 0.4) is 0 Å². The molecular weight excluding hydrogens is 278 g/mol. The van der Waals surface area contributed by atoms with E-state index in [4.69, 9.17) is 5.11 Å². The fraction of sp³-hybridized carbons (Fsp3) is 0.462. The molecule has 1 aliphatic heterocycles. The number of carbonyl (C=O) groups excluding carboxylic acids is 1. The summed E-state index contributed by atoms with van der Waals surface area (Å²) in [5, 5.41) is 11.6. The molecule has 6 nitrogen and oxygen atoms in total. The first-order chi connectivity index (χ1) is 9.54. The van der Waals surface area contributed by atoms with Gasteiger partial charge < -0.3 is 10.0 Å². The molecule has 1 fully saturated rings. The molecule has 0 aliphatic carbocycles. The largest absolute Gasteiger partial charge is 0.480 e. The number of hydrogen-bond donors (Lipinski definition) is 1. The molecular formula is C13H17N3O3S. The molecule has 2 heterocycles. The molecule has 7 heteroatoms. The maximum Gasteiger partial charge on any atom is 0.317 e. The highest BCUT2D eigenvalue weighted by atomic mass is 32.1. The van der Waals surface area contributed by atoms with E-state index in [9.17, 15) is 9.59 Å². The minimum Gasteiger partial charge on any atom is -0.480 e. The molecule has 0 saturated carbocycles. The zero-order valence-electron chi connectivity index (χ0n) is 11.3. The first-order valence-electron chi connectivity index (χ1n) is 6.38. The SMILES string of the molecule is Cc1nc(/C=C/C(=O)N2CCN(CC(=O)O)CC2)cs1. The quantitative estimate of drug-likeness (QED) is 0.828. The topological polar surface area (TPSA) is 73.7 Å². The van der Waals surface area contributed by atoms with Crippen molar-refractivity contribution < 1.29 is 14.7 Å². The van der Waals surface area contributed by atoms with E-state index in [1.807, 2.05) is 17.2 Å². The minimum atomic E-state index is -0.830. The van der Waals surface area contributed by atoms with Gasteiger partial charge in [-0.05, 0) is 13.0 Å². The van der Waals surface area contributed by atoms with Crippen molar-refractivity contribution in [3.63, 3.8) is 0 Å². The summed E-state index contributed by atoms with van der Waals surface area (Å²) in [5.74, 6) is -0.880. The molecule has 0 radical (unpaired) electrons. The monoisotopic (exact) mass is 295 g/mol. The number of aromatic nitrogens is 1. The molecule has 1 aromatic heterocycles. The Morgan fingerprint density at radius 1 is 1.40 bits per heavy atom. The lowest BCUT2D eigenvalue weighted by atomic mass is 10.3. The Kier molecular flexibility index (Phi) is 4.86. The number of carboxylic acids is 1. The Hall–Kier alpha value is -1.73. The number of piperazine rings is 1. The number of thiazole rings is 1. The number of rotatable bonds is 4. The van der Waals surface area contributed by atoms with Crippen LogP contribution in [0.5, 0.6) is 0 Å². The van der Waals surface area contributed by atoms with Crippen molar-refractivity contribution in [3.05, 3.63) is 22.2 Å². The smallest absolute Gasteiger partial charge is 0.317 e. The molecule has 1 amide bonds. The van der Waals surface area contributed by atoms with E-state index in [-0.39, 0.29) is 12.5 Å². The zero-order chi connectivity index (χ0) is 14.5. The van der Waals surface area contributed by atoms with Gasteiger partial charge in [0.15, 0.2) is 0 Å². The number of aryl methyl sites for hydroxylation is 1. The van der Waals surface area contributed by atoms with Gasteiger partial charge in [-0.15, -0.1) is 11.3 Å². The van der Waals surface area contributed by atoms with E-state index in [0.717, 1.165) is 10.7 Å². The van der Waals surface area contributed by atoms with Crippen LogP contribution in [0.4, 0.5) is 0 Å². The van der Waals surface area contributed by atoms with Crippen molar-refractivity contribution >= 4 is 29.3 Å². The van der Waals surface area contributed by atoms with Gasteiger partial charge in [0.25, 0.3) is 0 Å². The van der Waals surface area contributed by atoms with Gasteiger partial charge in [-0.25, -0.2) is 4.98 Å². The van der Waals surface area contributed by atoms with Crippen molar-refractivity contribution in [2.75, 3.05) is 32.7 Å². The molecule has 1 aliphatic rings. The third kappa shape index (κ3) is 4.14. The van der Waals surface area contributed by atoms with Crippen LogP contribution in [-0.2, 0) is 9.59 Å². The van der Waals surface area contributed by atoms with E-state index >= 15 is 0 Å². The highest BCUT2D eigenvalue weighted by molar-refractivity contribution is 7.09. The van der Waals surface area contributed by atoms with Crippen LogP contribution in [0.15, 0.2) is 11.5 Å². The normalized spacial score (nSPS) is 16.8. The fourth-order valence-corrected chi connectivity index (χ4v) is 2.62. The molecule has 1 N–H and O–H groups in total. The van der Waals surface area contributed by atoms with Gasteiger partial charge in [0.1, 0.15) is 0 Å². The van der Waals surface area contributed by atoms with Crippen LogP contribution >= 0.6 is 11.3 Å². The van der Waals surface area contributed by atoms with Gasteiger partial charge in [0.05, 0.1) is 17.2 Å². The molecule has 0 unspecified atom stereocenters. The van der Waals surface area contributed by atoms with Gasteiger partial charge >= 0.3 is 5.97 Å². The molecule has 1 saturated heterocycles. The molecule has 1 aromatic rings. The van der Waals surface area contributed by atoms with E-state index in [0.29, 0.717) is 26.2 Å². The van der Waals surface area contributed by atoms with Crippen LogP contribution in [0.25, 0.3) is 6.08 Å². The molecule has 0 spiro atoms. The molecule has 0 atom stereocenters. The maximum absolute atomic E-state index is 12.0. The van der Waals surface area contributed by atoms with Gasteiger partial charge in [-0.3, -0.25) is 14.5 Å². The summed E-state index contributed by atoms with van der Waals surface area (Å²) in [6.45, 7) is 4.28. The summed E-state index contributed by atoms with van der Waals surface area (Å²) in [6, 6.07) is 0. The number of carboxylic acid groups (broad SMARTS) is 1. The number of carbonyl (C=O) groups is 2. The van der Waals surface area contributed by atoms with Crippen LogP contribution in [0.2, 0.25) is 0 Å². The Labute approximate surface area is 121 Å². The van der Waals surface area contributed by atoms with Crippen molar-refractivity contribution in [1.29, 1.82) is 0 Å². The lowest BCUT2D eigenvalue weighted by Crippen LogP contribution is -2.49. The molecule has 0 aromatic carbocycles. The van der Waals surface area contributed by atoms with E-state index in [2.05, 4.69) is 4.98 Å². The number of amides is 1. The first kappa shape index (κ1) is 14.7. The minimum absolute atomic E-state index is 0.0377. The Morgan fingerprint density at radius 3 is 2.65 bits per heavy atom. The summed E-state index contributed by atoms with van der Waals surface area (Å²) in [4.78, 5) is 30.4. The summed E-state index contributed by atoms with van der Waals surface area (Å²) >= 11 is 1.55. The average molecular weight is 295 g/mol. The Morgan fingerprint density at radius 2 is 2.10 bits per heavy atom. The van der Waals surface area contributed by atoms with Gasteiger partial charge in [-0.2, -0.15) is 0 Å². The molecule has 108 valence electrons. The number of nitrogens with zero attached hydrogens (tertiary/aromatic N) is 3. The second-order valence-electron chi connectivity index (χ2n) is 4.62. The van der Waals surface area contributed by atoms with Crippen LogP contribution in [-0.4, -0.2) is 64.5 Å². The summed E-state index contributed by atoms with van der Waals surface area (Å²) in [7, 11) is 0. The Bertz CT molecular complexity index is 519. The van der Waals surface area contributed by atoms with Crippen LogP contribution < -0.4 is 0 Å². The van der Waals surface area contributed by atoms with E-state index < -0.39 is 5.97 Å². The second kappa shape index (κ2) is 6.62. The van der Waals surface area contributed by atoms with Crippen LogP contribution in [0.1, 0.15) is 10.7 Å². The Balaban J connectivity index is 1.82. The van der Waals surface area contributed by atoms with Gasteiger partial charge in [0.2, 0.25) is 5.91 Å². The third-order valence-electron chi connectivity index (χ3n) is 3.08. The highest BCUT2D eigenvalue weighted by Gasteiger charge is 2.20. The summed E-state index contributed by atoms with van der Waals surface area (Å²) in [5.41, 5.74) is 0.797. The summed E-state index contributed by atoms with van der Waals surface area (Å²) < 4.78 is 0. The molecule has 2 rings (SSSR count). The average Bonchev–Trinajstić information content (AvgIpc) is 2.82. The molecule has 0 bridgehead atoms. The van der Waals surface area contributed by atoms with Gasteiger partial charge in [0, 0.05) is 37.6 Å². The van der Waals surface area contributed by atoms with Gasteiger partial charge in [-0.1, -0.05) is 0 Å². The van der Waals surface area contributed by atoms with Crippen molar-refractivity contribution in [2.24, 2.45) is 0 Å². The predicted molar refractivity (Wildman–Crippen MR) is 76.5 cm³/mol. The van der Waals surface area contributed by atoms with E-state index in [1.54, 1.807) is 22.3 Å². The van der Waals surface area contributed by atoms with E-state index in [1.165, 1.54) is 6.08 Å². The lowest BCUT2D eigenvalue weighted by Gasteiger charge is -2.33. The van der Waals surface area contributed by atoms with Crippen molar-refractivity contribution in [2.45, 2.75) is 6.92 Å². The predicted octanol–water partition coefficient (Wildman–Crippen LogP) is 0.694. The molecule has 20 heavy (non-hydrogen) atoms. The number of aliphatic carboxylic acids is 1.